The number of fused-ring (bicyclic) bond motifs is 4. The monoisotopic (exact) mass is 348 g/mol. The van der Waals surface area contributed by atoms with Crippen LogP contribution in [0.1, 0.15) is 66.2 Å². The number of hydrogen-bond acceptors (Lipinski definition) is 4. The van der Waals surface area contributed by atoms with E-state index in [0.29, 0.717) is 23.9 Å². The quantitative estimate of drug-likeness (QED) is 0.564. The van der Waals surface area contributed by atoms with E-state index in [0.717, 1.165) is 32.1 Å². The number of rotatable bonds is 2. The normalized spacial score (nSPS) is 58.5. The zero-order valence-electron chi connectivity index (χ0n) is 16.3. The Morgan fingerprint density at radius 2 is 1.88 bits per heavy atom. The molecule has 4 nitrogen and oxygen atoms in total. The second-order valence-corrected chi connectivity index (χ2v) is 10.2. The van der Waals surface area contributed by atoms with Crippen LogP contribution in [-0.4, -0.2) is 36.5 Å². The van der Waals surface area contributed by atoms with Gasteiger partial charge in [0.25, 0.3) is 0 Å². The lowest BCUT2D eigenvalue weighted by Gasteiger charge is -2.59. The molecule has 5 aliphatic rings. The van der Waals surface area contributed by atoms with Crippen molar-refractivity contribution >= 4 is 5.97 Å². The predicted octanol–water partition coefficient (Wildman–Crippen LogP) is 3.72. The molecule has 0 aromatic heterocycles. The van der Waals surface area contributed by atoms with Gasteiger partial charge in [0.2, 0.25) is 0 Å². The molecule has 3 aliphatic carbocycles. The lowest BCUT2D eigenvalue weighted by molar-refractivity contribution is -0.175. The fraction of sp³-hybridized carbons (Fsp3) is 0.952. The fourth-order valence-electron chi connectivity index (χ4n) is 7.84. The first-order valence-electron chi connectivity index (χ1n) is 10.2. The lowest BCUT2D eigenvalue weighted by atomic mass is 9.43. The van der Waals surface area contributed by atoms with Gasteiger partial charge < -0.3 is 14.2 Å². The molecule has 5 fully saturated rings. The van der Waals surface area contributed by atoms with E-state index in [9.17, 15) is 4.79 Å². The fourth-order valence-corrected chi connectivity index (χ4v) is 7.84. The smallest absolute Gasteiger partial charge is 0.311 e. The maximum Gasteiger partial charge on any atom is 0.311 e. The Balaban J connectivity index is 1.51. The van der Waals surface area contributed by atoms with Crippen molar-refractivity contribution in [2.75, 3.05) is 7.11 Å². The molecule has 2 aliphatic heterocycles. The molecule has 1 spiro atoms. The molecule has 1 unspecified atom stereocenters. The van der Waals surface area contributed by atoms with Gasteiger partial charge in [0.05, 0.1) is 18.6 Å². The van der Waals surface area contributed by atoms with E-state index in [1.807, 2.05) is 0 Å². The predicted molar refractivity (Wildman–Crippen MR) is 93.0 cm³/mol. The summed E-state index contributed by atoms with van der Waals surface area (Å²) in [5, 5.41) is 0. The minimum atomic E-state index is -0.343. The number of methoxy groups -OCH3 is 1. The lowest BCUT2D eigenvalue weighted by Crippen LogP contribution is -2.60. The standard InChI is InChI=1S/C21H32O4/c1-12(2)21-15(24-21)11-14-18(3)8-6-9-19(4,17(22)23-5)13(18)7-10-20(14)16(21)25-20/h12-16H,6-11H2,1-5H3/t13-,14-,15+,16-,18+,19-,20?,21+/m1/s1. The third-order valence-electron chi connectivity index (χ3n) is 9.12. The minimum Gasteiger partial charge on any atom is -0.469 e. The molecule has 5 rings (SSSR count). The van der Waals surface area contributed by atoms with Crippen molar-refractivity contribution in [1.29, 1.82) is 0 Å². The molecule has 0 aromatic carbocycles. The van der Waals surface area contributed by atoms with Crippen LogP contribution in [-0.2, 0) is 19.0 Å². The van der Waals surface area contributed by atoms with Crippen molar-refractivity contribution < 1.29 is 19.0 Å². The van der Waals surface area contributed by atoms with E-state index in [4.69, 9.17) is 14.2 Å². The molecule has 0 bridgehead atoms. The Kier molecular flexibility index (Phi) is 3.06. The van der Waals surface area contributed by atoms with Gasteiger partial charge in [-0.2, -0.15) is 0 Å². The number of hydrogen-bond donors (Lipinski definition) is 0. The first-order valence-corrected chi connectivity index (χ1v) is 10.2. The zero-order chi connectivity index (χ0) is 17.8. The molecule has 0 amide bonds. The van der Waals surface area contributed by atoms with Crippen molar-refractivity contribution in [3.05, 3.63) is 0 Å². The van der Waals surface area contributed by atoms with E-state index in [2.05, 4.69) is 27.7 Å². The summed E-state index contributed by atoms with van der Waals surface area (Å²) >= 11 is 0. The van der Waals surface area contributed by atoms with Crippen LogP contribution in [0.25, 0.3) is 0 Å². The third-order valence-corrected chi connectivity index (χ3v) is 9.12. The second kappa shape index (κ2) is 4.62. The van der Waals surface area contributed by atoms with Crippen LogP contribution in [0.15, 0.2) is 0 Å². The molecule has 3 saturated carbocycles. The Labute approximate surface area is 151 Å². The summed E-state index contributed by atoms with van der Waals surface area (Å²) in [5.41, 5.74) is -0.176. The van der Waals surface area contributed by atoms with Crippen LogP contribution in [0.4, 0.5) is 0 Å². The average Bonchev–Trinajstić information content (AvgIpc) is 3.44. The highest BCUT2D eigenvalue weighted by atomic mass is 16.7. The van der Waals surface area contributed by atoms with Crippen LogP contribution in [0, 0.1) is 28.6 Å². The SMILES string of the molecule is COC(=O)[C@]1(C)CCC[C@@]2(C)[C@H]1CCC13O[C@H]1[C@@]1(C(C)C)O[C@H]1C[C@@H]32. The van der Waals surface area contributed by atoms with Crippen LogP contribution in [0.5, 0.6) is 0 Å². The van der Waals surface area contributed by atoms with Gasteiger partial charge in [-0.3, -0.25) is 4.79 Å². The highest BCUT2D eigenvalue weighted by Gasteiger charge is 2.85. The first kappa shape index (κ1) is 16.6. The van der Waals surface area contributed by atoms with E-state index in [1.165, 1.54) is 6.42 Å². The number of carbonyl (C=O) groups excluding carboxylic acids is 1. The largest absolute Gasteiger partial charge is 0.469 e. The third kappa shape index (κ3) is 1.70. The maximum atomic E-state index is 12.7. The highest BCUT2D eigenvalue weighted by Crippen LogP contribution is 2.76. The van der Waals surface area contributed by atoms with Gasteiger partial charge in [-0.15, -0.1) is 0 Å². The molecule has 0 radical (unpaired) electrons. The summed E-state index contributed by atoms with van der Waals surface area (Å²) in [6.45, 7) is 9.14. The molecule has 0 N–H and O–H groups in total. The average molecular weight is 348 g/mol. The molecular formula is C21H32O4. The number of carbonyl (C=O) groups is 1. The Hall–Kier alpha value is -0.610. The van der Waals surface area contributed by atoms with Crippen LogP contribution in [0.2, 0.25) is 0 Å². The molecule has 140 valence electrons. The first-order chi connectivity index (χ1) is 11.8. The Morgan fingerprint density at radius 3 is 2.56 bits per heavy atom. The zero-order valence-corrected chi connectivity index (χ0v) is 16.3. The highest BCUT2D eigenvalue weighted by molar-refractivity contribution is 5.77. The second-order valence-electron chi connectivity index (χ2n) is 10.2. The number of ether oxygens (including phenoxy) is 3. The Morgan fingerprint density at radius 1 is 1.12 bits per heavy atom. The number of epoxide rings is 2. The van der Waals surface area contributed by atoms with E-state index < -0.39 is 0 Å². The molecule has 4 heteroatoms. The van der Waals surface area contributed by atoms with E-state index in [1.54, 1.807) is 7.11 Å². The van der Waals surface area contributed by atoms with Gasteiger partial charge in [0.15, 0.2) is 0 Å². The summed E-state index contributed by atoms with van der Waals surface area (Å²) in [5.74, 6) is 1.42. The van der Waals surface area contributed by atoms with Crippen LogP contribution in [0.3, 0.4) is 0 Å². The molecule has 2 heterocycles. The van der Waals surface area contributed by atoms with E-state index in [-0.39, 0.29) is 34.1 Å². The summed E-state index contributed by atoms with van der Waals surface area (Å²) in [6.07, 6.45) is 7.19. The van der Waals surface area contributed by atoms with Crippen molar-refractivity contribution in [3.8, 4) is 0 Å². The topological polar surface area (TPSA) is 51.4 Å². The van der Waals surface area contributed by atoms with Gasteiger partial charge in [-0.1, -0.05) is 27.2 Å². The molecule has 0 aromatic rings. The Bertz CT molecular complexity index is 631. The molecule has 8 atom stereocenters. The van der Waals surface area contributed by atoms with Crippen LogP contribution < -0.4 is 0 Å². The summed E-state index contributed by atoms with van der Waals surface area (Å²) in [6, 6.07) is 0. The minimum absolute atomic E-state index is 0.0114. The molecule has 25 heavy (non-hydrogen) atoms. The van der Waals surface area contributed by atoms with Gasteiger partial charge in [-0.25, -0.2) is 0 Å². The van der Waals surface area contributed by atoms with Crippen molar-refractivity contribution in [1.82, 2.24) is 0 Å². The summed E-state index contributed by atoms with van der Waals surface area (Å²) in [7, 11) is 1.54. The van der Waals surface area contributed by atoms with Gasteiger partial charge >= 0.3 is 5.97 Å². The van der Waals surface area contributed by atoms with Gasteiger partial charge in [-0.05, 0) is 62.2 Å². The van der Waals surface area contributed by atoms with Crippen molar-refractivity contribution in [2.24, 2.45) is 28.6 Å². The number of esters is 1. The van der Waals surface area contributed by atoms with E-state index >= 15 is 0 Å². The maximum absolute atomic E-state index is 12.7. The summed E-state index contributed by atoms with van der Waals surface area (Å²) in [4.78, 5) is 12.7. The van der Waals surface area contributed by atoms with Crippen molar-refractivity contribution in [3.63, 3.8) is 0 Å². The van der Waals surface area contributed by atoms with Gasteiger partial charge in [0, 0.05) is 0 Å². The molecular weight excluding hydrogens is 316 g/mol. The summed E-state index contributed by atoms with van der Waals surface area (Å²) < 4.78 is 18.1. The van der Waals surface area contributed by atoms with Crippen molar-refractivity contribution in [2.45, 2.75) is 89.6 Å². The van der Waals surface area contributed by atoms with Gasteiger partial charge in [0.1, 0.15) is 17.3 Å². The van der Waals surface area contributed by atoms with Crippen LogP contribution >= 0.6 is 0 Å². The molecule has 2 saturated heterocycles.